The second-order valence-corrected chi connectivity index (χ2v) is 8.24. The Balaban J connectivity index is 2.95. The van der Waals surface area contributed by atoms with E-state index >= 15 is 0 Å². The Kier molecular flexibility index (Phi) is 5.66. The number of nitrogens with one attached hydrogen (secondary N) is 1. The van der Waals surface area contributed by atoms with Crippen molar-refractivity contribution in [3.05, 3.63) is 0 Å². The third-order valence-corrected chi connectivity index (χ3v) is 4.72. The van der Waals surface area contributed by atoms with Crippen molar-refractivity contribution < 1.29 is 14.7 Å². The molecule has 5 nitrogen and oxygen atoms in total. The molecule has 3 unspecified atom stereocenters. The molecule has 0 aromatic rings. The van der Waals surface area contributed by atoms with Crippen LogP contribution < -0.4 is 5.32 Å². The number of carbonyl (C=O) groups excluding carboxylic acids is 2. The summed E-state index contributed by atoms with van der Waals surface area (Å²) >= 11 is 0. The van der Waals surface area contributed by atoms with E-state index in [0.717, 1.165) is 0 Å². The molecule has 1 fully saturated rings. The molecule has 1 heterocycles. The van der Waals surface area contributed by atoms with Crippen LogP contribution in [0.25, 0.3) is 0 Å². The number of aliphatic hydroxyl groups is 1. The topological polar surface area (TPSA) is 69.6 Å². The maximum Gasteiger partial charge on any atom is 0.246 e. The van der Waals surface area contributed by atoms with Gasteiger partial charge in [0, 0.05) is 18.0 Å². The number of carbonyl (C=O) groups is 2. The number of β-amino-alcohol motifs (C(OH)–C–C–N with tert-alkyl or cyclic N) is 1. The first-order valence-corrected chi connectivity index (χ1v) is 8.19. The van der Waals surface area contributed by atoms with Crippen molar-refractivity contribution >= 4 is 11.8 Å². The first-order chi connectivity index (χ1) is 9.90. The SMILES string of the molecule is CCC(C)(C)C(=O)NC(C(=O)N1CC(O)CC1C)C(C)(C)C. The molecule has 3 atom stereocenters. The molecular formula is C17H32N2O3. The molecule has 22 heavy (non-hydrogen) atoms. The molecule has 0 saturated carbocycles. The van der Waals surface area contributed by atoms with Gasteiger partial charge in [0.1, 0.15) is 6.04 Å². The Morgan fingerprint density at radius 1 is 1.27 bits per heavy atom. The lowest BCUT2D eigenvalue weighted by molar-refractivity contribution is -0.142. The molecule has 0 radical (unpaired) electrons. The summed E-state index contributed by atoms with van der Waals surface area (Å²) in [5.74, 6) is -0.201. The minimum absolute atomic E-state index is 0.00318. The highest BCUT2D eigenvalue weighted by Gasteiger charge is 2.41. The number of aliphatic hydroxyl groups excluding tert-OH is 1. The van der Waals surface area contributed by atoms with Crippen molar-refractivity contribution in [1.82, 2.24) is 10.2 Å². The monoisotopic (exact) mass is 312 g/mol. The lowest BCUT2D eigenvalue weighted by Crippen LogP contribution is -2.57. The lowest BCUT2D eigenvalue weighted by atomic mass is 9.83. The van der Waals surface area contributed by atoms with Gasteiger partial charge in [0.15, 0.2) is 0 Å². The highest BCUT2D eigenvalue weighted by molar-refractivity contribution is 5.90. The number of likely N-dealkylation sites (tertiary alicyclic amines) is 1. The van der Waals surface area contributed by atoms with Gasteiger partial charge in [0.2, 0.25) is 11.8 Å². The fraction of sp³-hybridized carbons (Fsp3) is 0.882. The molecule has 0 spiro atoms. The Morgan fingerprint density at radius 3 is 2.18 bits per heavy atom. The largest absolute Gasteiger partial charge is 0.391 e. The second kappa shape index (κ2) is 6.57. The Hall–Kier alpha value is -1.10. The van der Waals surface area contributed by atoms with Crippen LogP contribution in [0.4, 0.5) is 0 Å². The third kappa shape index (κ3) is 4.22. The van der Waals surface area contributed by atoms with Gasteiger partial charge in [-0.3, -0.25) is 9.59 Å². The van der Waals surface area contributed by atoms with Crippen LogP contribution in [0.1, 0.15) is 61.3 Å². The van der Waals surface area contributed by atoms with Crippen LogP contribution in [0.3, 0.4) is 0 Å². The van der Waals surface area contributed by atoms with Crippen LogP contribution >= 0.6 is 0 Å². The van der Waals surface area contributed by atoms with Crippen molar-refractivity contribution in [3.8, 4) is 0 Å². The minimum atomic E-state index is -0.585. The number of rotatable bonds is 4. The van der Waals surface area contributed by atoms with E-state index in [2.05, 4.69) is 5.32 Å². The molecule has 0 aromatic heterocycles. The molecule has 0 bridgehead atoms. The first kappa shape index (κ1) is 18.9. The summed E-state index contributed by atoms with van der Waals surface area (Å²) in [7, 11) is 0. The Morgan fingerprint density at radius 2 is 1.82 bits per heavy atom. The van der Waals surface area contributed by atoms with E-state index in [-0.39, 0.29) is 23.3 Å². The minimum Gasteiger partial charge on any atom is -0.391 e. The van der Waals surface area contributed by atoms with Gasteiger partial charge in [-0.15, -0.1) is 0 Å². The maximum atomic E-state index is 12.9. The summed E-state index contributed by atoms with van der Waals surface area (Å²) in [6, 6.07) is -0.581. The quantitative estimate of drug-likeness (QED) is 0.833. The maximum absolute atomic E-state index is 12.9. The summed E-state index contributed by atoms with van der Waals surface area (Å²) in [6.07, 6.45) is 0.835. The van der Waals surface area contributed by atoms with E-state index in [4.69, 9.17) is 0 Å². The second-order valence-electron chi connectivity index (χ2n) is 8.24. The summed E-state index contributed by atoms with van der Waals surface area (Å²) in [4.78, 5) is 27.1. The zero-order valence-corrected chi connectivity index (χ0v) is 15.1. The highest BCUT2D eigenvalue weighted by Crippen LogP contribution is 2.27. The summed E-state index contributed by atoms with van der Waals surface area (Å²) in [6.45, 7) is 13.9. The van der Waals surface area contributed by atoms with Crippen LogP contribution in [-0.4, -0.2) is 46.6 Å². The van der Waals surface area contributed by atoms with Crippen LogP contribution in [0, 0.1) is 10.8 Å². The van der Waals surface area contributed by atoms with Crippen LogP contribution in [0.5, 0.6) is 0 Å². The molecular weight excluding hydrogens is 280 g/mol. The predicted octanol–water partition coefficient (Wildman–Crippen LogP) is 1.94. The van der Waals surface area contributed by atoms with Crippen molar-refractivity contribution in [2.45, 2.75) is 79.5 Å². The molecule has 2 amide bonds. The smallest absolute Gasteiger partial charge is 0.246 e. The average Bonchev–Trinajstić information content (AvgIpc) is 2.72. The van der Waals surface area contributed by atoms with Gasteiger partial charge in [0.05, 0.1) is 6.10 Å². The summed E-state index contributed by atoms with van der Waals surface area (Å²) < 4.78 is 0. The van der Waals surface area contributed by atoms with Crippen LogP contribution in [0.2, 0.25) is 0 Å². The zero-order valence-electron chi connectivity index (χ0n) is 15.1. The molecule has 1 aliphatic rings. The highest BCUT2D eigenvalue weighted by atomic mass is 16.3. The van der Waals surface area contributed by atoms with Gasteiger partial charge in [-0.05, 0) is 25.2 Å². The normalized spacial score (nSPS) is 24.3. The van der Waals surface area contributed by atoms with E-state index in [1.807, 2.05) is 48.5 Å². The molecule has 1 saturated heterocycles. The van der Waals surface area contributed by atoms with Crippen LogP contribution in [-0.2, 0) is 9.59 Å². The average molecular weight is 312 g/mol. The lowest BCUT2D eigenvalue weighted by Gasteiger charge is -2.36. The molecule has 0 aliphatic carbocycles. The molecule has 0 aromatic carbocycles. The van der Waals surface area contributed by atoms with Gasteiger partial charge in [-0.1, -0.05) is 41.5 Å². The van der Waals surface area contributed by atoms with Gasteiger partial charge < -0.3 is 15.3 Å². The van der Waals surface area contributed by atoms with Gasteiger partial charge in [-0.2, -0.15) is 0 Å². The van der Waals surface area contributed by atoms with E-state index < -0.39 is 17.6 Å². The molecule has 1 rings (SSSR count). The molecule has 128 valence electrons. The van der Waals surface area contributed by atoms with Crippen molar-refractivity contribution in [2.75, 3.05) is 6.54 Å². The molecule has 1 aliphatic heterocycles. The van der Waals surface area contributed by atoms with E-state index in [1.165, 1.54) is 0 Å². The van der Waals surface area contributed by atoms with Gasteiger partial charge in [0.25, 0.3) is 0 Å². The zero-order chi connectivity index (χ0) is 17.3. The number of amides is 2. The summed E-state index contributed by atoms with van der Waals surface area (Å²) in [5.41, 5.74) is -0.885. The predicted molar refractivity (Wildman–Crippen MR) is 87.3 cm³/mol. The molecule has 2 N–H and O–H groups in total. The standard InChI is InChI=1S/C17H32N2O3/c1-8-17(6,7)15(22)18-13(16(3,4)5)14(21)19-10-12(20)9-11(19)2/h11-13,20H,8-10H2,1-7H3,(H,18,22). The van der Waals surface area contributed by atoms with E-state index in [1.54, 1.807) is 4.90 Å². The van der Waals surface area contributed by atoms with E-state index in [9.17, 15) is 14.7 Å². The number of hydrogen-bond donors (Lipinski definition) is 2. The third-order valence-electron chi connectivity index (χ3n) is 4.72. The fourth-order valence-electron chi connectivity index (χ4n) is 2.61. The van der Waals surface area contributed by atoms with Crippen LogP contribution in [0.15, 0.2) is 0 Å². The van der Waals surface area contributed by atoms with Crippen molar-refractivity contribution in [3.63, 3.8) is 0 Å². The molecule has 5 heteroatoms. The van der Waals surface area contributed by atoms with Gasteiger partial charge in [-0.25, -0.2) is 0 Å². The van der Waals surface area contributed by atoms with Crippen molar-refractivity contribution in [2.24, 2.45) is 10.8 Å². The van der Waals surface area contributed by atoms with Gasteiger partial charge >= 0.3 is 0 Å². The fourth-order valence-corrected chi connectivity index (χ4v) is 2.61. The van der Waals surface area contributed by atoms with E-state index in [0.29, 0.717) is 19.4 Å². The number of hydrogen-bond acceptors (Lipinski definition) is 3. The summed E-state index contributed by atoms with van der Waals surface area (Å²) in [5, 5.41) is 12.7. The number of nitrogens with zero attached hydrogens (tertiary/aromatic N) is 1. The Labute approximate surface area is 134 Å². The Bertz CT molecular complexity index is 426. The first-order valence-electron chi connectivity index (χ1n) is 8.19. The van der Waals surface area contributed by atoms with Crippen molar-refractivity contribution in [1.29, 1.82) is 0 Å².